The van der Waals surface area contributed by atoms with Gasteiger partial charge < -0.3 is 4.74 Å². The van der Waals surface area contributed by atoms with Gasteiger partial charge in [0.05, 0.1) is 5.52 Å². The molecule has 0 bridgehead atoms. The van der Waals surface area contributed by atoms with Crippen LogP contribution in [0.1, 0.15) is 32.2 Å². The van der Waals surface area contributed by atoms with Crippen LogP contribution in [0.15, 0.2) is 48.8 Å². The number of ether oxygens (including phenoxy) is 1. The average molecular weight is 433 g/mol. The third-order valence-electron chi connectivity index (χ3n) is 3.97. The summed E-state index contributed by atoms with van der Waals surface area (Å²) in [5.41, 5.74) is 1.36. The van der Waals surface area contributed by atoms with Crippen LogP contribution in [0.3, 0.4) is 0 Å². The van der Waals surface area contributed by atoms with Gasteiger partial charge in [0.1, 0.15) is 22.7 Å². The first-order chi connectivity index (χ1) is 14.8. The summed E-state index contributed by atoms with van der Waals surface area (Å²) in [6.07, 6.45) is 2.54. The third kappa shape index (κ3) is 4.68. The first-order valence-corrected chi connectivity index (χ1v) is 9.73. The van der Waals surface area contributed by atoms with Gasteiger partial charge >= 0.3 is 6.09 Å². The van der Waals surface area contributed by atoms with E-state index in [1.54, 1.807) is 45.2 Å². The average Bonchev–Trinajstić information content (AvgIpc) is 3.10. The summed E-state index contributed by atoms with van der Waals surface area (Å²) in [7, 11) is 0. The third-order valence-corrected chi connectivity index (χ3v) is 4.16. The van der Waals surface area contributed by atoms with Crippen molar-refractivity contribution in [3.8, 4) is 23.4 Å². The molecule has 0 unspecified atom stereocenters. The maximum absolute atomic E-state index is 12.6. The number of aromatic nitrogens is 6. The highest BCUT2D eigenvalue weighted by Gasteiger charge is 2.21. The molecule has 0 N–H and O–H groups in total. The molecule has 1 aromatic carbocycles. The molecule has 0 aliphatic heterocycles. The van der Waals surface area contributed by atoms with Gasteiger partial charge in [0.25, 0.3) is 0 Å². The molecule has 3 aromatic heterocycles. The van der Waals surface area contributed by atoms with E-state index in [0.717, 1.165) is 5.39 Å². The molecule has 3 heterocycles. The zero-order valence-corrected chi connectivity index (χ0v) is 17.8. The van der Waals surface area contributed by atoms with Gasteiger partial charge in [-0.15, -0.1) is 0 Å². The highest BCUT2D eigenvalue weighted by molar-refractivity contribution is 6.28. The minimum atomic E-state index is -0.642. The van der Waals surface area contributed by atoms with E-state index in [9.17, 15) is 4.79 Å². The summed E-state index contributed by atoms with van der Waals surface area (Å²) >= 11 is 5.85. The quantitative estimate of drug-likeness (QED) is 0.329. The van der Waals surface area contributed by atoms with Crippen LogP contribution in [-0.2, 0) is 4.74 Å². The Hall–Kier alpha value is -3.83. The molecule has 8 nitrogen and oxygen atoms in total. The van der Waals surface area contributed by atoms with Crippen molar-refractivity contribution >= 4 is 28.6 Å². The minimum absolute atomic E-state index is 0.108. The number of carbonyl (C=O) groups excluding carboxylic acids is 1. The predicted molar refractivity (Wildman–Crippen MR) is 115 cm³/mol. The fraction of sp³-hybridized carbons (Fsp3) is 0.182. The number of hydrogen-bond acceptors (Lipinski definition) is 7. The second-order valence-electron chi connectivity index (χ2n) is 7.48. The van der Waals surface area contributed by atoms with E-state index in [1.165, 1.54) is 10.9 Å². The Kier molecular flexibility index (Phi) is 5.36. The molecule has 0 radical (unpaired) electrons. The Morgan fingerprint density at radius 1 is 1.03 bits per heavy atom. The lowest BCUT2D eigenvalue weighted by atomic mass is 10.2. The van der Waals surface area contributed by atoms with Gasteiger partial charge in [0.15, 0.2) is 5.82 Å². The molecule has 154 valence electrons. The van der Waals surface area contributed by atoms with Crippen LogP contribution in [0.5, 0.6) is 0 Å². The fourth-order valence-corrected chi connectivity index (χ4v) is 2.88. The molecule has 9 heteroatoms. The van der Waals surface area contributed by atoms with Crippen LogP contribution in [0.4, 0.5) is 4.79 Å². The molecule has 0 saturated carbocycles. The SMILES string of the molecule is CC(C)(C)OC(=O)n1nc(C#Cc2ccnc(-c3ccnc(Cl)n3)n2)c2ccccc21. The molecule has 4 rings (SSSR count). The first-order valence-electron chi connectivity index (χ1n) is 9.35. The molecule has 0 fully saturated rings. The lowest BCUT2D eigenvalue weighted by Crippen LogP contribution is -2.27. The number of hydrogen-bond donors (Lipinski definition) is 0. The van der Waals surface area contributed by atoms with Gasteiger partial charge in [-0.05, 0) is 68.5 Å². The normalized spacial score (nSPS) is 11.1. The predicted octanol–water partition coefficient (Wildman–Crippen LogP) is 4.12. The van der Waals surface area contributed by atoms with E-state index in [0.29, 0.717) is 28.4 Å². The molecule has 31 heavy (non-hydrogen) atoms. The molecule has 0 atom stereocenters. The van der Waals surface area contributed by atoms with Crippen molar-refractivity contribution in [1.29, 1.82) is 0 Å². The molecule has 0 aliphatic rings. The maximum Gasteiger partial charge on any atom is 0.435 e. The zero-order valence-electron chi connectivity index (χ0n) is 17.0. The van der Waals surface area contributed by atoms with Crippen molar-refractivity contribution in [2.24, 2.45) is 0 Å². The van der Waals surface area contributed by atoms with E-state index >= 15 is 0 Å². The van der Waals surface area contributed by atoms with Crippen molar-refractivity contribution in [2.75, 3.05) is 0 Å². The summed E-state index contributed by atoms with van der Waals surface area (Å²) in [6, 6.07) is 10.7. The van der Waals surface area contributed by atoms with Crippen molar-refractivity contribution in [3.05, 3.63) is 65.5 Å². The molecular formula is C22H17ClN6O2. The standard InChI is InChI=1S/C22H17ClN6O2/c1-22(2,3)31-21(30)29-18-7-5-4-6-15(18)16(28-29)9-8-14-10-12-24-19(26-14)17-11-13-25-20(23)27-17/h4-7,10-13H,1-3H3. The smallest absolute Gasteiger partial charge is 0.435 e. The van der Waals surface area contributed by atoms with Crippen LogP contribution in [0.25, 0.3) is 22.4 Å². The van der Waals surface area contributed by atoms with Crippen LogP contribution in [-0.4, -0.2) is 41.4 Å². The van der Waals surface area contributed by atoms with Gasteiger partial charge in [0.2, 0.25) is 5.28 Å². The van der Waals surface area contributed by atoms with Crippen LogP contribution >= 0.6 is 11.6 Å². The lowest BCUT2D eigenvalue weighted by molar-refractivity contribution is 0.0522. The van der Waals surface area contributed by atoms with E-state index < -0.39 is 11.7 Å². The van der Waals surface area contributed by atoms with Crippen molar-refractivity contribution in [3.63, 3.8) is 0 Å². The monoisotopic (exact) mass is 432 g/mol. The van der Waals surface area contributed by atoms with E-state index in [1.807, 2.05) is 18.2 Å². The van der Waals surface area contributed by atoms with Crippen LogP contribution < -0.4 is 0 Å². The number of para-hydroxylation sites is 1. The highest BCUT2D eigenvalue weighted by atomic mass is 35.5. The Balaban J connectivity index is 1.71. The van der Waals surface area contributed by atoms with Crippen LogP contribution in [0.2, 0.25) is 5.28 Å². The van der Waals surface area contributed by atoms with E-state index in [-0.39, 0.29) is 5.28 Å². The van der Waals surface area contributed by atoms with Gasteiger partial charge in [-0.1, -0.05) is 12.1 Å². The lowest BCUT2D eigenvalue weighted by Gasteiger charge is -2.19. The number of halogens is 1. The Morgan fingerprint density at radius 2 is 1.81 bits per heavy atom. The summed E-state index contributed by atoms with van der Waals surface area (Å²) in [5.74, 6) is 6.34. The number of rotatable bonds is 1. The molecular weight excluding hydrogens is 416 g/mol. The van der Waals surface area contributed by atoms with Gasteiger partial charge in [-0.25, -0.2) is 24.7 Å². The summed E-state index contributed by atoms with van der Waals surface area (Å²) < 4.78 is 6.67. The highest BCUT2D eigenvalue weighted by Crippen LogP contribution is 2.20. The molecule has 0 spiro atoms. The molecule has 0 aliphatic carbocycles. The van der Waals surface area contributed by atoms with E-state index in [2.05, 4.69) is 36.9 Å². The summed E-state index contributed by atoms with van der Waals surface area (Å²) in [6.45, 7) is 5.40. The van der Waals surface area contributed by atoms with Gasteiger partial charge in [-0.2, -0.15) is 9.78 Å². The number of fused-ring (bicyclic) bond motifs is 1. The largest absolute Gasteiger partial charge is 0.442 e. The van der Waals surface area contributed by atoms with E-state index in [4.69, 9.17) is 16.3 Å². The second kappa shape index (κ2) is 8.13. The van der Waals surface area contributed by atoms with Crippen molar-refractivity contribution in [1.82, 2.24) is 29.7 Å². The minimum Gasteiger partial charge on any atom is -0.442 e. The zero-order chi connectivity index (χ0) is 22.0. The van der Waals surface area contributed by atoms with Crippen LogP contribution in [0, 0.1) is 11.8 Å². The second-order valence-corrected chi connectivity index (χ2v) is 7.82. The topological polar surface area (TPSA) is 95.7 Å². The molecule has 4 aromatic rings. The number of carbonyl (C=O) groups is 1. The Labute approximate surface area is 183 Å². The molecule has 0 amide bonds. The summed E-state index contributed by atoms with van der Waals surface area (Å²) in [5, 5.41) is 5.21. The Morgan fingerprint density at radius 3 is 2.58 bits per heavy atom. The van der Waals surface area contributed by atoms with Crippen molar-refractivity contribution < 1.29 is 9.53 Å². The Bertz CT molecular complexity index is 1350. The maximum atomic E-state index is 12.6. The fourth-order valence-electron chi connectivity index (χ4n) is 2.74. The number of nitrogens with zero attached hydrogens (tertiary/aromatic N) is 6. The molecule has 0 saturated heterocycles. The summed E-state index contributed by atoms with van der Waals surface area (Å²) in [4.78, 5) is 29.2. The van der Waals surface area contributed by atoms with Gasteiger partial charge in [0, 0.05) is 17.8 Å². The van der Waals surface area contributed by atoms with Gasteiger partial charge in [-0.3, -0.25) is 0 Å². The van der Waals surface area contributed by atoms with Crippen molar-refractivity contribution in [2.45, 2.75) is 26.4 Å². The first kappa shape index (κ1) is 20.4. The number of benzene rings is 1.